The molecule has 1 aliphatic rings. The highest BCUT2D eigenvalue weighted by Gasteiger charge is 2.20. The van der Waals surface area contributed by atoms with Gasteiger partial charge in [0.2, 0.25) is 0 Å². The molecule has 2 rings (SSSR count). The Bertz CT molecular complexity index is 488. The Balaban J connectivity index is 0.00000338. The summed E-state index contributed by atoms with van der Waals surface area (Å²) in [5, 5.41) is 6.78. The van der Waals surface area contributed by atoms with Crippen LogP contribution in [0.15, 0.2) is 27.8 Å². The fraction of sp³-hybridized carbons (Fsp3) is 0.737. The smallest absolute Gasteiger partial charge is 0.191 e. The number of furan rings is 1. The number of hydrogen-bond donors (Lipinski definition) is 2. The van der Waals surface area contributed by atoms with E-state index in [-0.39, 0.29) is 24.0 Å². The van der Waals surface area contributed by atoms with Gasteiger partial charge in [-0.1, -0.05) is 6.92 Å². The largest absolute Gasteiger partial charge is 0.467 e. The zero-order valence-corrected chi connectivity index (χ0v) is 18.7. The Hall–Kier alpha value is -0.800. The number of hydrogen-bond acceptors (Lipinski definition) is 4. The highest BCUT2D eigenvalue weighted by atomic mass is 127. The van der Waals surface area contributed by atoms with Crippen molar-refractivity contribution in [3.8, 4) is 0 Å². The number of aliphatic imine (C=N–C) groups is 1. The van der Waals surface area contributed by atoms with Gasteiger partial charge < -0.3 is 19.8 Å². The number of likely N-dealkylation sites (tertiary alicyclic amines) is 1. The molecular formula is C19H35IN4O2. The molecule has 2 heterocycles. The van der Waals surface area contributed by atoms with E-state index < -0.39 is 0 Å². The lowest BCUT2D eigenvalue weighted by Crippen LogP contribution is -2.48. The molecule has 1 fully saturated rings. The lowest BCUT2D eigenvalue weighted by atomic mass is 9.98. The lowest BCUT2D eigenvalue weighted by Gasteiger charge is -2.35. The second-order valence-corrected chi connectivity index (χ2v) is 6.93. The molecule has 0 aliphatic carbocycles. The van der Waals surface area contributed by atoms with Crippen molar-refractivity contribution in [1.29, 1.82) is 0 Å². The van der Waals surface area contributed by atoms with Crippen LogP contribution in [0.3, 0.4) is 0 Å². The van der Waals surface area contributed by atoms with E-state index in [1.165, 1.54) is 25.9 Å². The molecule has 2 N–H and O–H groups in total. The minimum Gasteiger partial charge on any atom is -0.467 e. The molecule has 1 aromatic heterocycles. The quantitative estimate of drug-likeness (QED) is 0.247. The molecule has 0 amide bonds. The van der Waals surface area contributed by atoms with Crippen molar-refractivity contribution in [1.82, 2.24) is 15.5 Å². The van der Waals surface area contributed by atoms with Crippen LogP contribution in [-0.4, -0.2) is 56.7 Å². The maximum absolute atomic E-state index is 5.58. The van der Waals surface area contributed by atoms with Crippen LogP contribution in [0.1, 0.15) is 38.9 Å². The molecule has 1 atom stereocenters. The lowest BCUT2D eigenvalue weighted by molar-refractivity contribution is 0.105. The SMILES string of the molecule is CN=C(NCCCOCc1ccco1)NCC(C)N1CCC(C)CC1.I. The number of halogens is 1. The van der Waals surface area contributed by atoms with E-state index in [1.54, 1.807) is 6.26 Å². The predicted molar refractivity (Wildman–Crippen MR) is 117 cm³/mol. The second kappa shape index (κ2) is 13.4. The molecular weight excluding hydrogens is 443 g/mol. The Morgan fingerprint density at radius 1 is 1.38 bits per heavy atom. The van der Waals surface area contributed by atoms with Gasteiger partial charge in [-0.15, -0.1) is 24.0 Å². The summed E-state index contributed by atoms with van der Waals surface area (Å²) in [7, 11) is 1.82. The molecule has 1 aliphatic heterocycles. The molecule has 0 spiro atoms. The van der Waals surface area contributed by atoms with E-state index in [4.69, 9.17) is 9.15 Å². The van der Waals surface area contributed by atoms with Gasteiger partial charge >= 0.3 is 0 Å². The second-order valence-electron chi connectivity index (χ2n) is 6.93. The number of rotatable bonds is 9. The van der Waals surface area contributed by atoms with E-state index >= 15 is 0 Å². The third-order valence-electron chi connectivity index (χ3n) is 4.81. The first kappa shape index (κ1) is 23.2. The standard InChI is InChI=1S/C19H34N4O2.HI/c1-16-7-10-23(11-8-16)17(2)14-22-19(20-3)21-9-5-12-24-15-18-6-4-13-25-18;/h4,6,13,16-17H,5,7-12,14-15H2,1-3H3,(H2,20,21,22);1H. The van der Waals surface area contributed by atoms with Gasteiger partial charge in [-0.3, -0.25) is 9.89 Å². The number of nitrogens with zero attached hydrogens (tertiary/aromatic N) is 2. The van der Waals surface area contributed by atoms with Crippen molar-refractivity contribution in [3.63, 3.8) is 0 Å². The minimum absolute atomic E-state index is 0. The van der Waals surface area contributed by atoms with Gasteiger partial charge in [0.15, 0.2) is 5.96 Å². The summed E-state index contributed by atoms with van der Waals surface area (Å²) in [5.41, 5.74) is 0. The van der Waals surface area contributed by atoms with E-state index in [9.17, 15) is 0 Å². The number of nitrogens with one attached hydrogen (secondary N) is 2. The predicted octanol–water partition coefficient (Wildman–Crippen LogP) is 3.09. The fourth-order valence-corrected chi connectivity index (χ4v) is 3.01. The van der Waals surface area contributed by atoms with Gasteiger partial charge in [-0.2, -0.15) is 0 Å². The van der Waals surface area contributed by atoms with Crippen LogP contribution in [0.25, 0.3) is 0 Å². The Kier molecular flexibility index (Phi) is 12.0. The van der Waals surface area contributed by atoms with Crippen LogP contribution in [0.2, 0.25) is 0 Å². The zero-order valence-electron chi connectivity index (χ0n) is 16.4. The molecule has 6 nitrogen and oxygen atoms in total. The molecule has 0 radical (unpaired) electrons. The van der Waals surface area contributed by atoms with Crippen molar-refractivity contribution < 1.29 is 9.15 Å². The maximum atomic E-state index is 5.58. The maximum Gasteiger partial charge on any atom is 0.191 e. The van der Waals surface area contributed by atoms with Gasteiger partial charge in [0.05, 0.1) is 6.26 Å². The number of piperidine rings is 1. The van der Waals surface area contributed by atoms with Crippen LogP contribution in [-0.2, 0) is 11.3 Å². The van der Waals surface area contributed by atoms with E-state index in [0.29, 0.717) is 19.3 Å². The van der Waals surface area contributed by atoms with Crippen molar-refractivity contribution in [3.05, 3.63) is 24.2 Å². The Morgan fingerprint density at radius 2 is 2.15 bits per heavy atom. The Labute approximate surface area is 175 Å². The normalized spacial score (nSPS) is 17.6. The summed E-state index contributed by atoms with van der Waals surface area (Å²) in [4.78, 5) is 6.87. The zero-order chi connectivity index (χ0) is 17.9. The molecule has 0 bridgehead atoms. The van der Waals surface area contributed by atoms with Crippen LogP contribution in [0.4, 0.5) is 0 Å². The van der Waals surface area contributed by atoms with Crippen LogP contribution < -0.4 is 10.6 Å². The molecule has 0 aromatic carbocycles. The summed E-state index contributed by atoms with van der Waals surface area (Å²) in [5.74, 6) is 2.61. The van der Waals surface area contributed by atoms with Crippen LogP contribution >= 0.6 is 24.0 Å². The highest BCUT2D eigenvalue weighted by Crippen LogP contribution is 2.17. The van der Waals surface area contributed by atoms with Gasteiger partial charge in [-0.25, -0.2) is 0 Å². The van der Waals surface area contributed by atoms with Crippen LogP contribution in [0.5, 0.6) is 0 Å². The highest BCUT2D eigenvalue weighted by molar-refractivity contribution is 14.0. The third kappa shape index (κ3) is 8.73. The molecule has 1 unspecified atom stereocenters. The third-order valence-corrected chi connectivity index (χ3v) is 4.81. The van der Waals surface area contributed by atoms with E-state index in [1.807, 2.05) is 19.2 Å². The molecule has 1 saturated heterocycles. The summed E-state index contributed by atoms with van der Waals surface area (Å²) >= 11 is 0. The van der Waals surface area contributed by atoms with Crippen LogP contribution in [0, 0.1) is 5.92 Å². The van der Waals surface area contributed by atoms with Crippen molar-refractivity contribution in [2.24, 2.45) is 10.9 Å². The summed E-state index contributed by atoms with van der Waals surface area (Å²) in [6.07, 6.45) is 5.23. The fourth-order valence-electron chi connectivity index (χ4n) is 3.01. The van der Waals surface area contributed by atoms with Crippen molar-refractivity contribution in [2.45, 2.75) is 45.8 Å². The van der Waals surface area contributed by atoms with Gasteiger partial charge in [0, 0.05) is 32.8 Å². The van der Waals surface area contributed by atoms with Crippen molar-refractivity contribution in [2.75, 3.05) is 39.8 Å². The first-order chi connectivity index (χ1) is 12.2. The summed E-state index contributed by atoms with van der Waals surface area (Å²) in [6, 6.07) is 4.33. The average Bonchev–Trinajstić information content (AvgIpc) is 3.14. The molecule has 1 aromatic rings. The van der Waals surface area contributed by atoms with Crippen molar-refractivity contribution >= 4 is 29.9 Å². The first-order valence-electron chi connectivity index (χ1n) is 9.47. The minimum atomic E-state index is 0. The summed E-state index contributed by atoms with van der Waals surface area (Å²) in [6.45, 7) is 10.1. The topological polar surface area (TPSA) is 62.0 Å². The van der Waals surface area contributed by atoms with Gasteiger partial charge in [0.25, 0.3) is 0 Å². The molecule has 7 heteroatoms. The van der Waals surface area contributed by atoms with E-state index in [0.717, 1.165) is 37.1 Å². The van der Waals surface area contributed by atoms with Gasteiger partial charge in [-0.05, 0) is 57.3 Å². The van der Waals surface area contributed by atoms with Gasteiger partial charge in [0.1, 0.15) is 12.4 Å². The monoisotopic (exact) mass is 478 g/mol. The molecule has 0 saturated carbocycles. The molecule has 150 valence electrons. The molecule has 26 heavy (non-hydrogen) atoms. The average molecular weight is 478 g/mol. The first-order valence-corrected chi connectivity index (χ1v) is 9.47. The van der Waals surface area contributed by atoms with E-state index in [2.05, 4.69) is 34.4 Å². The summed E-state index contributed by atoms with van der Waals surface area (Å²) < 4.78 is 10.8. The number of ether oxygens (including phenoxy) is 1. The Morgan fingerprint density at radius 3 is 2.81 bits per heavy atom. The number of guanidine groups is 1.